The van der Waals surface area contributed by atoms with Crippen LogP contribution < -0.4 is 19.2 Å². The Morgan fingerprint density at radius 3 is 2.20 bits per heavy atom. The van der Waals surface area contributed by atoms with Gasteiger partial charge in [-0.25, -0.2) is 13.8 Å². The summed E-state index contributed by atoms with van der Waals surface area (Å²) in [4.78, 5) is 12.9. The van der Waals surface area contributed by atoms with Crippen molar-refractivity contribution in [2.24, 2.45) is 5.10 Å². The van der Waals surface area contributed by atoms with E-state index in [0.29, 0.717) is 17.2 Å². The lowest BCUT2D eigenvalue weighted by Crippen LogP contribution is -2.39. The lowest BCUT2D eigenvalue weighted by molar-refractivity contribution is -0.119. The van der Waals surface area contributed by atoms with Crippen molar-refractivity contribution in [2.45, 2.75) is 18.7 Å². The molecule has 0 aliphatic carbocycles. The molecule has 8 nitrogen and oxygen atoms in total. The number of aryl methyl sites for hydroxylation is 1. The average molecular weight is 607 g/mol. The molecule has 0 spiro atoms. The van der Waals surface area contributed by atoms with Crippen molar-refractivity contribution in [3.8, 4) is 11.5 Å². The number of anilines is 1. The number of rotatable bonds is 9. The molecule has 3 aromatic carbocycles. The Labute approximate surface area is 219 Å². The van der Waals surface area contributed by atoms with Crippen molar-refractivity contribution in [3.05, 3.63) is 81.4 Å². The molecule has 1 N–H and O–H groups in total. The number of carbonyl (C=O) groups excluding carboxylic acids is 1. The average Bonchev–Trinajstić information content (AvgIpc) is 2.86. The molecule has 0 saturated carbocycles. The second kappa shape index (κ2) is 11.5. The zero-order chi connectivity index (χ0) is 25.6. The minimum Gasteiger partial charge on any atom is -0.493 e. The molecule has 3 rings (SSSR count). The van der Waals surface area contributed by atoms with Gasteiger partial charge >= 0.3 is 0 Å². The van der Waals surface area contributed by atoms with E-state index in [9.17, 15) is 13.2 Å². The third-order valence-corrected chi connectivity index (χ3v) is 7.67. The highest BCUT2D eigenvalue weighted by atomic mass is 127. The van der Waals surface area contributed by atoms with E-state index in [4.69, 9.17) is 9.47 Å². The Kier molecular flexibility index (Phi) is 8.73. The molecule has 0 aliphatic heterocycles. The van der Waals surface area contributed by atoms with Crippen molar-refractivity contribution in [3.63, 3.8) is 0 Å². The van der Waals surface area contributed by atoms with Gasteiger partial charge in [-0.3, -0.25) is 9.10 Å². The van der Waals surface area contributed by atoms with Crippen LogP contribution in [0.1, 0.15) is 18.1 Å². The molecule has 0 aliphatic rings. The molecule has 0 heterocycles. The fourth-order valence-electron chi connectivity index (χ4n) is 3.20. The van der Waals surface area contributed by atoms with Crippen LogP contribution in [0.4, 0.5) is 5.69 Å². The third-order valence-electron chi connectivity index (χ3n) is 5.16. The quantitative estimate of drug-likeness (QED) is 0.222. The van der Waals surface area contributed by atoms with E-state index >= 15 is 0 Å². The van der Waals surface area contributed by atoms with Gasteiger partial charge in [-0.15, -0.1) is 0 Å². The van der Waals surface area contributed by atoms with Crippen LogP contribution >= 0.6 is 22.6 Å². The highest BCUT2D eigenvalue weighted by molar-refractivity contribution is 14.1. The second-order valence-electron chi connectivity index (χ2n) is 7.60. The van der Waals surface area contributed by atoms with Gasteiger partial charge in [0.05, 0.1) is 30.5 Å². The van der Waals surface area contributed by atoms with Crippen LogP contribution in [0.3, 0.4) is 0 Å². The zero-order valence-corrected chi connectivity index (χ0v) is 22.8. The van der Waals surface area contributed by atoms with Crippen LogP contribution in [-0.4, -0.2) is 40.8 Å². The van der Waals surface area contributed by atoms with Gasteiger partial charge in [0.1, 0.15) is 6.54 Å². The van der Waals surface area contributed by atoms with Gasteiger partial charge < -0.3 is 9.47 Å². The topological polar surface area (TPSA) is 97.3 Å². The molecular formula is C25H26IN3O5S. The molecule has 0 radical (unpaired) electrons. The molecule has 184 valence electrons. The summed E-state index contributed by atoms with van der Waals surface area (Å²) in [6.07, 6.45) is 0. The highest BCUT2D eigenvalue weighted by Crippen LogP contribution is 2.33. The van der Waals surface area contributed by atoms with Crippen LogP contribution in [-0.2, 0) is 14.8 Å². The minimum atomic E-state index is -4.08. The van der Waals surface area contributed by atoms with Crippen LogP contribution in [0.25, 0.3) is 0 Å². The summed E-state index contributed by atoms with van der Waals surface area (Å²) < 4.78 is 39.8. The number of amides is 1. The first kappa shape index (κ1) is 26.5. The smallest absolute Gasteiger partial charge is 0.264 e. The van der Waals surface area contributed by atoms with E-state index < -0.39 is 22.5 Å². The van der Waals surface area contributed by atoms with Crippen LogP contribution in [0.2, 0.25) is 0 Å². The Balaban J connectivity index is 1.93. The molecular weight excluding hydrogens is 581 g/mol. The molecule has 1 amide bonds. The number of nitrogens with zero attached hydrogens (tertiary/aromatic N) is 2. The van der Waals surface area contributed by atoms with Crippen molar-refractivity contribution in [2.75, 3.05) is 25.1 Å². The van der Waals surface area contributed by atoms with Crippen LogP contribution in [0.5, 0.6) is 11.5 Å². The Morgan fingerprint density at radius 2 is 1.60 bits per heavy atom. The first-order valence-corrected chi connectivity index (χ1v) is 13.1. The molecule has 0 unspecified atom stereocenters. The molecule has 0 fully saturated rings. The summed E-state index contributed by atoms with van der Waals surface area (Å²) in [5.41, 5.74) is 5.06. The van der Waals surface area contributed by atoms with Crippen molar-refractivity contribution >= 4 is 49.9 Å². The Morgan fingerprint density at radius 1 is 0.971 bits per heavy atom. The van der Waals surface area contributed by atoms with E-state index in [1.54, 1.807) is 31.2 Å². The molecule has 3 aromatic rings. The monoisotopic (exact) mass is 607 g/mol. The first-order chi connectivity index (χ1) is 16.6. The van der Waals surface area contributed by atoms with Gasteiger partial charge in [-0.05, 0) is 78.4 Å². The van der Waals surface area contributed by atoms with Gasteiger partial charge in [0, 0.05) is 9.64 Å². The molecule has 10 heteroatoms. The maximum absolute atomic E-state index is 13.6. The molecule has 0 saturated heterocycles. The number of methoxy groups -OCH3 is 2. The van der Waals surface area contributed by atoms with Crippen molar-refractivity contribution in [1.82, 2.24) is 5.43 Å². The Hall–Kier alpha value is -3.12. The van der Waals surface area contributed by atoms with Gasteiger partial charge in [-0.1, -0.05) is 29.8 Å². The maximum atomic E-state index is 13.6. The number of nitrogens with one attached hydrogen (secondary N) is 1. The number of benzene rings is 3. The molecule has 0 bridgehead atoms. The van der Waals surface area contributed by atoms with E-state index in [1.165, 1.54) is 32.4 Å². The fourth-order valence-corrected chi connectivity index (χ4v) is 4.97. The summed E-state index contributed by atoms with van der Waals surface area (Å²) in [7, 11) is -1.14. The van der Waals surface area contributed by atoms with E-state index in [-0.39, 0.29) is 10.6 Å². The summed E-state index contributed by atoms with van der Waals surface area (Å²) in [5, 5.41) is 4.15. The minimum absolute atomic E-state index is 0.0595. The predicted molar refractivity (Wildman–Crippen MR) is 145 cm³/mol. The number of hydrogen-bond acceptors (Lipinski definition) is 6. The maximum Gasteiger partial charge on any atom is 0.264 e. The van der Waals surface area contributed by atoms with E-state index in [0.717, 1.165) is 19.0 Å². The predicted octanol–water partition coefficient (Wildman–Crippen LogP) is 4.35. The first-order valence-electron chi connectivity index (χ1n) is 10.6. The van der Waals surface area contributed by atoms with Crippen LogP contribution in [0, 0.1) is 10.5 Å². The second-order valence-corrected chi connectivity index (χ2v) is 10.7. The highest BCUT2D eigenvalue weighted by Gasteiger charge is 2.28. The van der Waals surface area contributed by atoms with Gasteiger partial charge in [0.2, 0.25) is 0 Å². The Bertz CT molecular complexity index is 1320. The molecule has 0 aromatic heterocycles. The third kappa shape index (κ3) is 6.51. The lowest BCUT2D eigenvalue weighted by atomic mass is 10.1. The number of sulfonamides is 1. The number of hydrazone groups is 1. The number of hydrogen-bond donors (Lipinski definition) is 1. The van der Waals surface area contributed by atoms with E-state index in [2.05, 4.69) is 33.1 Å². The normalized spacial score (nSPS) is 11.6. The largest absolute Gasteiger partial charge is 0.493 e. The number of carbonyl (C=O) groups is 1. The van der Waals surface area contributed by atoms with Gasteiger partial charge in [0.15, 0.2) is 11.5 Å². The van der Waals surface area contributed by atoms with Gasteiger partial charge in [0.25, 0.3) is 15.9 Å². The van der Waals surface area contributed by atoms with E-state index in [1.807, 2.05) is 31.2 Å². The lowest BCUT2D eigenvalue weighted by Gasteiger charge is -2.24. The summed E-state index contributed by atoms with van der Waals surface area (Å²) in [5.74, 6) is 0.175. The fraction of sp³-hybridized carbons (Fsp3) is 0.200. The van der Waals surface area contributed by atoms with Gasteiger partial charge in [-0.2, -0.15) is 5.10 Å². The number of halogens is 1. The zero-order valence-electron chi connectivity index (χ0n) is 19.8. The summed E-state index contributed by atoms with van der Waals surface area (Å²) in [6.45, 7) is 3.14. The van der Waals surface area contributed by atoms with Crippen molar-refractivity contribution < 1.29 is 22.7 Å². The summed E-state index contributed by atoms with van der Waals surface area (Å²) >= 11 is 2.20. The molecule has 0 atom stereocenters. The standard InChI is InChI=1S/C25H26IN3O5S/c1-17-5-12-22(13-6-17)35(31,32)29(21-11-14-23(33-3)24(15-21)34-4)16-25(30)28-27-18(2)19-7-9-20(26)10-8-19/h5-15H,16H2,1-4H3,(H,28,30)/b27-18-. The molecule has 35 heavy (non-hydrogen) atoms. The van der Waals surface area contributed by atoms with Crippen molar-refractivity contribution in [1.29, 1.82) is 0 Å². The SMILES string of the molecule is COc1ccc(N(CC(=O)N/N=C(/C)c2ccc(I)cc2)S(=O)(=O)c2ccc(C)cc2)cc1OC. The summed E-state index contributed by atoms with van der Waals surface area (Å²) in [6, 6.07) is 18.7. The van der Waals surface area contributed by atoms with Crippen LogP contribution in [0.15, 0.2) is 76.7 Å². The number of ether oxygens (including phenoxy) is 2.